The second-order valence-electron chi connectivity index (χ2n) is 5.93. The Kier molecular flexibility index (Phi) is 6.30. The molecule has 1 N–H and O–H groups in total. The monoisotopic (exact) mass is 449 g/mol. The highest BCUT2D eigenvalue weighted by atomic mass is 79.9. The van der Waals surface area contributed by atoms with E-state index < -0.39 is 23.8 Å². The van der Waals surface area contributed by atoms with Gasteiger partial charge in [0.15, 0.2) is 17.6 Å². The van der Waals surface area contributed by atoms with Crippen LogP contribution in [0.4, 0.5) is 10.1 Å². The van der Waals surface area contributed by atoms with Gasteiger partial charge in [-0.1, -0.05) is 15.9 Å². The Morgan fingerprint density at radius 3 is 2.71 bits per heavy atom. The average Bonchev–Trinajstić information content (AvgIpc) is 2.68. The largest absolute Gasteiger partial charge is 0.486 e. The molecule has 0 aliphatic carbocycles. The third-order valence-electron chi connectivity index (χ3n) is 3.83. The summed E-state index contributed by atoms with van der Waals surface area (Å²) in [4.78, 5) is 24.2. The molecule has 0 fully saturated rings. The summed E-state index contributed by atoms with van der Waals surface area (Å²) >= 11 is 3.23. The zero-order valence-corrected chi connectivity index (χ0v) is 16.5. The molecule has 2 aromatic carbocycles. The molecule has 0 radical (unpaired) electrons. The fraction of sp³-hybridized carbons (Fsp3) is 0.200. The average molecular weight is 450 g/mol. The number of carbonyl (C=O) groups excluding carboxylic acids is 2. The van der Waals surface area contributed by atoms with Crippen molar-refractivity contribution in [3.63, 3.8) is 0 Å². The van der Waals surface area contributed by atoms with Crippen LogP contribution in [0.5, 0.6) is 11.5 Å². The molecule has 6 nitrogen and oxygen atoms in total. The molecule has 0 aromatic heterocycles. The van der Waals surface area contributed by atoms with Gasteiger partial charge in [0.25, 0.3) is 5.91 Å². The van der Waals surface area contributed by atoms with Crippen LogP contribution >= 0.6 is 15.9 Å². The van der Waals surface area contributed by atoms with Crippen LogP contribution in [-0.4, -0.2) is 31.2 Å². The number of halogens is 2. The maximum Gasteiger partial charge on any atom is 0.331 e. The first kappa shape index (κ1) is 19.9. The predicted molar refractivity (Wildman–Crippen MR) is 105 cm³/mol. The molecule has 1 aliphatic heterocycles. The summed E-state index contributed by atoms with van der Waals surface area (Å²) in [7, 11) is 0. The Labute approximate surface area is 169 Å². The summed E-state index contributed by atoms with van der Waals surface area (Å²) in [6, 6.07) is 9.34. The molecular weight excluding hydrogens is 433 g/mol. The topological polar surface area (TPSA) is 73.9 Å². The molecule has 2 aromatic rings. The van der Waals surface area contributed by atoms with E-state index in [0.29, 0.717) is 34.9 Å². The van der Waals surface area contributed by atoms with Gasteiger partial charge in [-0.3, -0.25) is 4.79 Å². The summed E-state index contributed by atoms with van der Waals surface area (Å²) in [5.41, 5.74) is 0.712. The summed E-state index contributed by atoms with van der Waals surface area (Å²) in [6.07, 6.45) is 1.31. The summed E-state index contributed by atoms with van der Waals surface area (Å²) in [6.45, 7) is 2.35. The lowest BCUT2D eigenvalue weighted by Gasteiger charge is -2.19. The second kappa shape index (κ2) is 8.88. The second-order valence-corrected chi connectivity index (χ2v) is 6.84. The van der Waals surface area contributed by atoms with Crippen molar-refractivity contribution in [1.82, 2.24) is 0 Å². The van der Waals surface area contributed by atoms with Crippen LogP contribution in [0.15, 0.2) is 46.9 Å². The number of nitrogens with one attached hydrogen (secondary N) is 1. The molecule has 1 amide bonds. The van der Waals surface area contributed by atoms with Crippen LogP contribution in [0.25, 0.3) is 6.08 Å². The van der Waals surface area contributed by atoms with Crippen molar-refractivity contribution in [1.29, 1.82) is 0 Å². The number of amides is 1. The zero-order chi connectivity index (χ0) is 20.1. The molecule has 1 unspecified atom stereocenters. The Balaban J connectivity index is 1.57. The molecule has 8 heteroatoms. The van der Waals surface area contributed by atoms with Crippen LogP contribution in [0.1, 0.15) is 12.5 Å². The first-order valence-corrected chi connectivity index (χ1v) is 9.26. The third-order valence-corrected chi connectivity index (χ3v) is 4.32. The van der Waals surface area contributed by atoms with Crippen molar-refractivity contribution in [3.05, 3.63) is 58.3 Å². The number of hydrogen-bond acceptors (Lipinski definition) is 5. The van der Waals surface area contributed by atoms with Crippen LogP contribution in [0.2, 0.25) is 0 Å². The van der Waals surface area contributed by atoms with E-state index in [4.69, 9.17) is 14.2 Å². The lowest BCUT2D eigenvalue weighted by atomic mass is 10.2. The molecule has 3 rings (SSSR count). The number of hydrogen-bond donors (Lipinski definition) is 1. The highest BCUT2D eigenvalue weighted by molar-refractivity contribution is 9.10. The first-order chi connectivity index (χ1) is 13.4. The summed E-state index contributed by atoms with van der Waals surface area (Å²) < 4.78 is 30.3. The molecule has 1 atom stereocenters. The Morgan fingerprint density at radius 2 is 1.93 bits per heavy atom. The van der Waals surface area contributed by atoms with Crippen molar-refractivity contribution in [2.24, 2.45) is 0 Å². The van der Waals surface area contributed by atoms with Crippen LogP contribution < -0.4 is 14.8 Å². The number of fused-ring (bicyclic) bond motifs is 1. The van der Waals surface area contributed by atoms with Gasteiger partial charge in [0, 0.05) is 27.9 Å². The maximum atomic E-state index is 13.7. The molecule has 0 bridgehead atoms. The number of anilines is 1. The van der Waals surface area contributed by atoms with Gasteiger partial charge in [-0.2, -0.15) is 0 Å². The quantitative estimate of drug-likeness (QED) is 0.552. The molecule has 0 saturated heterocycles. The summed E-state index contributed by atoms with van der Waals surface area (Å²) in [5, 5.41) is 2.65. The van der Waals surface area contributed by atoms with E-state index in [1.54, 1.807) is 24.3 Å². The third kappa shape index (κ3) is 5.10. The van der Waals surface area contributed by atoms with Gasteiger partial charge in [-0.05, 0) is 43.3 Å². The zero-order valence-electron chi connectivity index (χ0n) is 14.9. The molecule has 1 aliphatic rings. The van der Waals surface area contributed by atoms with E-state index in [9.17, 15) is 14.0 Å². The fourth-order valence-electron chi connectivity index (χ4n) is 2.43. The van der Waals surface area contributed by atoms with Crippen molar-refractivity contribution in [3.8, 4) is 11.5 Å². The molecule has 0 saturated carbocycles. The van der Waals surface area contributed by atoms with E-state index in [0.717, 1.165) is 6.08 Å². The predicted octanol–water partition coefficient (Wildman–Crippen LogP) is 3.94. The number of ether oxygens (including phenoxy) is 3. The Morgan fingerprint density at radius 1 is 1.18 bits per heavy atom. The lowest BCUT2D eigenvalue weighted by Crippen LogP contribution is -2.29. The van der Waals surface area contributed by atoms with Gasteiger partial charge in [0.2, 0.25) is 0 Å². The van der Waals surface area contributed by atoms with Crippen molar-refractivity contribution in [2.75, 3.05) is 18.5 Å². The normalized spacial score (nSPS) is 13.8. The van der Waals surface area contributed by atoms with E-state index >= 15 is 0 Å². The minimum Gasteiger partial charge on any atom is -0.486 e. The Hall–Kier alpha value is -2.87. The van der Waals surface area contributed by atoms with Gasteiger partial charge in [-0.25, -0.2) is 9.18 Å². The van der Waals surface area contributed by atoms with E-state index in [2.05, 4.69) is 21.2 Å². The van der Waals surface area contributed by atoms with Crippen molar-refractivity contribution in [2.45, 2.75) is 13.0 Å². The van der Waals surface area contributed by atoms with Crippen LogP contribution in [0.3, 0.4) is 0 Å². The van der Waals surface area contributed by atoms with Crippen molar-refractivity contribution < 1.29 is 28.2 Å². The minimum absolute atomic E-state index is 0.222. The van der Waals surface area contributed by atoms with Gasteiger partial charge in [0.1, 0.15) is 19.0 Å². The van der Waals surface area contributed by atoms with Crippen LogP contribution in [-0.2, 0) is 14.3 Å². The van der Waals surface area contributed by atoms with E-state index in [-0.39, 0.29) is 5.56 Å². The number of rotatable bonds is 5. The van der Waals surface area contributed by atoms with E-state index in [1.165, 1.54) is 25.1 Å². The molecule has 1 heterocycles. The van der Waals surface area contributed by atoms with Crippen molar-refractivity contribution >= 4 is 39.6 Å². The molecule has 28 heavy (non-hydrogen) atoms. The molecular formula is C20H17BrFNO5. The molecule has 0 spiro atoms. The first-order valence-electron chi connectivity index (χ1n) is 8.46. The van der Waals surface area contributed by atoms with Gasteiger partial charge in [0.05, 0.1) is 0 Å². The number of esters is 1. The summed E-state index contributed by atoms with van der Waals surface area (Å²) in [5.74, 6) is -0.603. The standard InChI is InChI=1S/C20H17BrFNO5/c1-12(28-19(24)7-2-13-10-14(21)3-5-16(13)22)20(25)23-15-4-6-17-18(11-15)27-9-8-26-17/h2-7,10-12H,8-9H2,1H3,(H,23,25). The van der Waals surface area contributed by atoms with Gasteiger partial charge < -0.3 is 19.5 Å². The minimum atomic E-state index is -1.04. The molecule has 146 valence electrons. The highest BCUT2D eigenvalue weighted by Gasteiger charge is 2.18. The number of benzene rings is 2. The highest BCUT2D eigenvalue weighted by Crippen LogP contribution is 2.32. The van der Waals surface area contributed by atoms with E-state index in [1.807, 2.05) is 0 Å². The van der Waals surface area contributed by atoms with Gasteiger partial charge in [-0.15, -0.1) is 0 Å². The van der Waals surface area contributed by atoms with Gasteiger partial charge >= 0.3 is 5.97 Å². The maximum absolute atomic E-state index is 13.7. The lowest BCUT2D eigenvalue weighted by molar-refractivity contribution is -0.148. The van der Waals surface area contributed by atoms with Crippen LogP contribution in [0, 0.1) is 5.82 Å². The Bertz CT molecular complexity index is 931. The number of carbonyl (C=O) groups is 2. The smallest absolute Gasteiger partial charge is 0.331 e. The fourth-order valence-corrected chi connectivity index (χ4v) is 2.81. The SMILES string of the molecule is CC(OC(=O)C=Cc1cc(Br)ccc1F)C(=O)Nc1ccc2c(c1)OCCO2.